The Bertz CT molecular complexity index is 1980. The number of nitrogens with zero attached hydrogens (tertiary/aromatic N) is 3. The molecule has 2 fully saturated rings. The number of hydrogen-bond donors (Lipinski definition) is 2. The Hall–Kier alpha value is -5.03. The molecule has 2 aliphatic rings. The van der Waals surface area contributed by atoms with Crippen molar-refractivity contribution in [2.24, 2.45) is 17.8 Å². The first-order chi connectivity index (χ1) is 25.9. The van der Waals surface area contributed by atoms with Crippen LogP contribution in [0, 0.1) is 17.8 Å². The lowest BCUT2D eigenvalue weighted by atomic mass is 9.79. The van der Waals surface area contributed by atoms with Gasteiger partial charge in [-0.05, 0) is 86.9 Å². The number of nitrogens with one attached hydrogen (secondary N) is 2. The van der Waals surface area contributed by atoms with Gasteiger partial charge in [-0.3, -0.25) is 19.2 Å². The zero-order chi connectivity index (χ0) is 38.5. The predicted molar refractivity (Wildman–Crippen MR) is 209 cm³/mol. The first-order valence-electron chi connectivity index (χ1n) is 18.7. The van der Waals surface area contributed by atoms with Crippen LogP contribution >= 0.6 is 11.6 Å². The number of benzene rings is 3. The Labute approximate surface area is 321 Å². The molecule has 0 aliphatic carbocycles. The van der Waals surface area contributed by atoms with E-state index in [1.165, 1.54) is 12.7 Å². The van der Waals surface area contributed by atoms with Crippen LogP contribution in [0.2, 0.25) is 5.02 Å². The van der Waals surface area contributed by atoms with Gasteiger partial charge in [-0.2, -0.15) is 0 Å². The molecule has 54 heavy (non-hydrogen) atoms. The van der Waals surface area contributed by atoms with Crippen molar-refractivity contribution < 1.29 is 28.7 Å². The Morgan fingerprint density at radius 3 is 2.44 bits per heavy atom. The summed E-state index contributed by atoms with van der Waals surface area (Å²) in [7, 11) is 3.29. The number of hydrogen-bond acceptors (Lipinski definition) is 6. The van der Waals surface area contributed by atoms with E-state index >= 15 is 0 Å². The summed E-state index contributed by atoms with van der Waals surface area (Å²) in [6.07, 6.45) is 3.54. The molecule has 6 rings (SSSR count). The van der Waals surface area contributed by atoms with E-state index in [4.69, 9.17) is 21.1 Å². The molecular formula is C42H50ClN5O6. The maximum absolute atomic E-state index is 14.2. The monoisotopic (exact) mass is 755 g/mol. The van der Waals surface area contributed by atoms with Crippen molar-refractivity contribution in [3.8, 4) is 11.5 Å². The molecular weight excluding hydrogens is 706 g/mol. The number of piperidine rings is 1. The van der Waals surface area contributed by atoms with Crippen molar-refractivity contribution in [1.82, 2.24) is 25.0 Å². The molecule has 1 aromatic heterocycles. The minimum Gasteiger partial charge on any atom is -0.493 e. The van der Waals surface area contributed by atoms with Gasteiger partial charge in [0, 0.05) is 67.5 Å². The van der Waals surface area contributed by atoms with Gasteiger partial charge in [0.1, 0.15) is 6.04 Å². The molecule has 4 atom stereocenters. The summed E-state index contributed by atoms with van der Waals surface area (Å²) in [4.78, 5) is 63.8. The van der Waals surface area contributed by atoms with Gasteiger partial charge in [0.2, 0.25) is 17.7 Å². The average molecular weight is 756 g/mol. The van der Waals surface area contributed by atoms with Crippen molar-refractivity contribution in [3.05, 3.63) is 94.6 Å². The van der Waals surface area contributed by atoms with E-state index in [-0.39, 0.29) is 54.5 Å². The van der Waals surface area contributed by atoms with Crippen LogP contribution in [0.5, 0.6) is 11.5 Å². The van der Waals surface area contributed by atoms with Crippen LogP contribution in [0.1, 0.15) is 48.7 Å². The number of methoxy groups -OCH3 is 1. The van der Waals surface area contributed by atoms with Crippen LogP contribution in [0.4, 0.5) is 0 Å². The van der Waals surface area contributed by atoms with Crippen molar-refractivity contribution in [2.45, 2.75) is 52.2 Å². The number of aromatic amines is 1. The van der Waals surface area contributed by atoms with Gasteiger partial charge >= 0.3 is 0 Å². The van der Waals surface area contributed by atoms with E-state index in [1.807, 2.05) is 50.4 Å². The van der Waals surface area contributed by atoms with Crippen molar-refractivity contribution in [1.29, 1.82) is 0 Å². The quantitative estimate of drug-likeness (QED) is 0.183. The number of H-pyrrole nitrogens is 1. The zero-order valence-corrected chi connectivity index (χ0v) is 32.4. The highest BCUT2D eigenvalue weighted by molar-refractivity contribution is 6.31. The fourth-order valence-corrected chi connectivity index (χ4v) is 8.00. The van der Waals surface area contributed by atoms with Gasteiger partial charge in [0.25, 0.3) is 5.91 Å². The second-order valence-electron chi connectivity index (χ2n) is 14.8. The topological polar surface area (TPSA) is 124 Å². The first kappa shape index (κ1) is 38.7. The lowest BCUT2D eigenvalue weighted by Crippen LogP contribution is -2.56. The molecule has 286 valence electrons. The molecule has 3 aromatic carbocycles. The Kier molecular flexibility index (Phi) is 12.2. The number of rotatable bonds is 13. The lowest BCUT2D eigenvalue weighted by Gasteiger charge is -2.40. The summed E-state index contributed by atoms with van der Waals surface area (Å²) in [6, 6.07) is 20.0. The van der Waals surface area contributed by atoms with Crippen LogP contribution in [0.15, 0.2) is 72.9 Å². The van der Waals surface area contributed by atoms with E-state index in [2.05, 4.69) is 22.4 Å². The van der Waals surface area contributed by atoms with Gasteiger partial charge in [-0.25, -0.2) is 0 Å². The summed E-state index contributed by atoms with van der Waals surface area (Å²) < 4.78 is 11.4. The number of aryl methyl sites for hydroxylation is 1. The van der Waals surface area contributed by atoms with Crippen molar-refractivity contribution in [2.75, 3.05) is 46.9 Å². The second-order valence-corrected chi connectivity index (χ2v) is 15.3. The Morgan fingerprint density at radius 2 is 1.70 bits per heavy atom. The number of carbonyl (C=O) groups is 4. The third-order valence-corrected chi connectivity index (χ3v) is 10.8. The number of ether oxygens (including phenoxy) is 2. The van der Waals surface area contributed by atoms with Crippen molar-refractivity contribution in [3.63, 3.8) is 0 Å². The van der Waals surface area contributed by atoms with E-state index in [0.29, 0.717) is 48.3 Å². The Balaban J connectivity index is 1.17. The van der Waals surface area contributed by atoms with Crippen molar-refractivity contribution >= 4 is 46.1 Å². The molecule has 0 bridgehead atoms. The van der Waals surface area contributed by atoms with E-state index in [0.717, 1.165) is 29.3 Å². The molecule has 0 radical (unpaired) electrons. The molecule has 4 amide bonds. The molecule has 2 aliphatic heterocycles. The molecule has 12 heteroatoms. The molecule has 3 unspecified atom stereocenters. The maximum atomic E-state index is 14.2. The highest BCUT2D eigenvalue weighted by Crippen LogP contribution is 2.38. The van der Waals surface area contributed by atoms with Gasteiger partial charge in [0.05, 0.1) is 25.6 Å². The number of likely N-dealkylation sites (tertiary alicyclic amines) is 2. The van der Waals surface area contributed by atoms with Gasteiger partial charge < -0.3 is 34.5 Å². The normalized spacial score (nSPS) is 18.7. The number of likely N-dealkylation sites (N-methyl/N-ethyl adjacent to an activating group) is 1. The molecule has 3 heterocycles. The number of halogens is 1. The molecule has 2 saturated heterocycles. The largest absolute Gasteiger partial charge is 0.493 e. The summed E-state index contributed by atoms with van der Waals surface area (Å²) in [6.45, 7) is 7.42. The first-order valence-corrected chi connectivity index (χ1v) is 19.1. The number of carbonyl (C=O) groups excluding carboxylic acids is 4. The lowest BCUT2D eigenvalue weighted by molar-refractivity contribution is -0.141. The maximum Gasteiger partial charge on any atom is 0.254 e. The van der Waals surface area contributed by atoms with Crippen LogP contribution in [-0.2, 0) is 27.2 Å². The molecule has 0 saturated carbocycles. The summed E-state index contributed by atoms with van der Waals surface area (Å²) in [5, 5.41) is 4.49. The average Bonchev–Trinajstić information content (AvgIpc) is 3.77. The van der Waals surface area contributed by atoms with Gasteiger partial charge in [0.15, 0.2) is 11.5 Å². The summed E-state index contributed by atoms with van der Waals surface area (Å²) in [5.41, 5.74) is 3.34. The second kappa shape index (κ2) is 17.0. The predicted octanol–water partition coefficient (Wildman–Crippen LogP) is 5.60. The fraction of sp³-hybridized carbons (Fsp3) is 0.429. The van der Waals surface area contributed by atoms with E-state index < -0.39 is 12.0 Å². The highest BCUT2D eigenvalue weighted by Gasteiger charge is 2.48. The third kappa shape index (κ3) is 8.84. The van der Waals surface area contributed by atoms with E-state index in [9.17, 15) is 19.2 Å². The number of fused-ring (bicyclic) bond motifs is 2. The molecule has 11 nitrogen and oxygen atoms in total. The van der Waals surface area contributed by atoms with E-state index in [1.54, 1.807) is 52.9 Å². The van der Waals surface area contributed by atoms with Crippen LogP contribution in [-0.4, -0.2) is 102 Å². The number of amides is 4. The highest BCUT2D eigenvalue weighted by atomic mass is 35.5. The van der Waals surface area contributed by atoms with Crippen LogP contribution in [0.25, 0.3) is 10.9 Å². The summed E-state index contributed by atoms with van der Waals surface area (Å²) >= 11 is 6.19. The molecule has 0 spiro atoms. The van der Waals surface area contributed by atoms with Gasteiger partial charge in [-0.15, -0.1) is 0 Å². The Morgan fingerprint density at radius 1 is 0.944 bits per heavy atom. The van der Waals surface area contributed by atoms with Gasteiger partial charge in [-0.1, -0.05) is 48.0 Å². The molecule has 4 aromatic rings. The minimum absolute atomic E-state index is 0.0663. The van der Waals surface area contributed by atoms with Crippen LogP contribution < -0.4 is 14.8 Å². The minimum atomic E-state index is -0.764. The smallest absolute Gasteiger partial charge is 0.254 e. The summed E-state index contributed by atoms with van der Waals surface area (Å²) in [5.74, 6) is -0.730. The third-order valence-electron chi connectivity index (χ3n) is 10.6. The SMILES string of the molecule is COc1cc(C(=O)N2CC3CN(C(=O)Cc4c[nH]c5cc(Cl)ccc45)CC(C(=O)N[C@@H](C)C(=O)N(C)CCCc4ccccc4)C3C2)ccc1OC(C)C. The number of aromatic nitrogens is 1. The molecule has 2 N–H and O–H groups in total. The zero-order valence-electron chi connectivity index (χ0n) is 31.6. The standard InChI is InChI=1S/C42H50ClN5O6/c1-26(2)54-37-16-13-29(18-38(37)53-5)42(52)48-23-31-22-47(39(49)19-30-21-44-36-20-32(43)14-15-33(30)36)25-35(34(31)24-48)40(50)45-27(3)41(51)46(4)17-9-12-28-10-7-6-8-11-28/h6-8,10-11,13-16,18,20-21,26-27,31,34-35,44H,9,12,17,19,22-25H2,1-5H3,(H,45,50)/t27-,31?,34?,35?/m0/s1. The fourth-order valence-electron chi connectivity index (χ4n) is 7.82. The van der Waals surface area contributed by atoms with Crippen LogP contribution in [0.3, 0.4) is 0 Å².